The lowest BCUT2D eigenvalue weighted by Crippen LogP contribution is -2.28. The maximum Gasteiger partial charge on any atom is 0.249 e. The van der Waals surface area contributed by atoms with Crippen molar-refractivity contribution in [2.75, 3.05) is 6.54 Å². The van der Waals surface area contributed by atoms with Crippen LogP contribution in [0.25, 0.3) is 0 Å². The van der Waals surface area contributed by atoms with Crippen molar-refractivity contribution in [2.45, 2.75) is 19.9 Å². The number of carbonyl (C=O) groups is 1. The largest absolute Gasteiger partial charge is 0.366 e. The highest BCUT2D eigenvalue weighted by molar-refractivity contribution is 5.94. The van der Waals surface area contributed by atoms with Crippen LogP contribution in [0.2, 0.25) is 0 Å². The molecule has 0 aromatic carbocycles. The van der Waals surface area contributed by atoms with Gasteiger partial charge in [-0.1, -0.05) is 0 Å². The molecule has 0 atom stereocenters. The van der Waals surface area contributed by atoms with Gasteiger partial charge in [-0.3, -0.25) is 9.78 Å². The Bertz CT molecular complexity index is 387. The smallest absolute Gasteiger partial charge is 0.249 e. The van der Waals surface area contributed by atoms with Gasteiger partial charge >= 0.3 is 0 Å². The predicted molar refractivity (Wildman–Crippen MR) is 52.9 cm³/mol. The molecule has 0 unspecified atom stereocenters. The molecule has 14 heavy (non-hydrogen) atoms. The quantitative estimate of drug-likeness (QED) is 0.663. The van der Waals surface area contributed by atoms with E-state index in [9.17, 15) is 4.79 Å². The Kier molecular flexibility index (Phi) is 2.21. The van der Waals surface area contributed by atoms with Gasteiger partial charge in [-0.25, -0.2) is 0 Å². The molecular weight excluding hydrogens is 178 g/mol. The van der Waals surface area contributed by atoms with Gasteiger partial charge in [0, 0.05) is 17.8 Å². The molecule has 1 aliphatic heterocycles. The van der Waals surface area contributed by atoms with Crippen molar-refractivity contribution in [3.05, 3.63) is 28.6 Å². The van der Waals surface area contributed by atoms with Crippen LogP contribution in [-0.4, -0.2) is 17.4 Å². The molecule has 4 nitrogen and oxygen atoms in total. The van der Waals surface area contributed by atoms with Gasteiger partial charge in [0.2, 0.25) is 5.91 Å². The maximum absolute atomic E-state index is 11.2. The molecule has 1 aromatic heterocycles. The van der Waals surface area contributed by atoms with Crippen LogP contribution in [0.15, 0.2) is 6.07 Å². The molecule has 1 aliphatic rings. The monoisotopic (exact) mass is 191 g/mol. The van der Waals surface area contributed by atoms with E-state index < -0.39 is 0 Å². The third-order valence-electron chi connectivity index (χ3n) is 2.45. The molecule has 0 bridgehead atoms. The minimum atomic E-state index is -0.353. The Balaban J connectivity index is 2.58. The molecule has 3 N–H and O–H groups in total. The fourth-order valence-corrected chi connectivity index (χ4v) is 1.83. The molecule has 1 amide bonds. The van der Waals surface area contributed by atoms with Gasteiger partial charge in [0.1, 0.15) is 0 Å². The first kappa shape index (κ1) is 9.15. The topological polar surface area (TPSA) is 68.0 Å². The number of amides is 1. The van der Waals surface area contributed by atoms with Gasteiger partial charge in [-0.05, 0) is 31.5 Å². The highest BCUT2D eigenvalue weighted by atomic mass is 16.1. The number of fused-ring (bicyclic) bond motifs is 1. The number of hydrogen-bond donors (Lipinski definition) is 2. The normalized spacial score (nSPS) is 14.9. The summed E-state index contributed by atoms with van der Waals surface area (Å²) in [6.45, 7) is 3.50. The van der Waals surface area contributed by atoms with Gasteiger partial charge in [-0.2, -0.15) is 0 Å². The molecule has 0 radical (unpaired) electrons. The summed E-state index contributed by atoms with van der Waals surface area (Å²) < 4.78 is 0. The average Bonchev–Trinajstić information content (AvgIpc) is 2.16. The number of nitrogens with zero attached hydrogens (tertiary/aromatic N) is 1. The maximum atomic E-state index is 11.2. The van der Waals surface area contributed by atoms with E-state index >= 15 is 0 Å². The summed E-state index contributed by atoms with van der Waals surface area (Å²) in [5, 5.41) is 3.22. The summed E-state index contributed by atoms with van der Waals surface area (Å²) in [7, 11) is 0. The Morgan fingerprint density at radius 1 is 1.64 bits per heavy atom. The second-order valence-corrected chi connectivity index (χ2v) is 3.53. The van der Waals surface area contributed by atoms with Crippen LogP contribution in [0.4, 0.5) is 0 Å². The van der Waals surface area contributed by atoms with E-state index in [2.05, 4.69) is 10.3 Å². The number of aryl methyl sites for hydroxylation is 1. The Hall–Kier alpha value is -1.42. The van der Waals surface area contributed by atoms with Crippen LogP contribution >= 0.6 is 0 Å². The fourth-order valence-electron chi connectivity index (χ4n) is 1.83. The summed E-state index contributed by atoms with van der Waals surface area (Å²) in [6, 6.07) is 1.77. The molecule has 0 aliphatic carbocycles. The van der Waals surface area contributed by atoms with E-state index in [0.29, 0.717) is 5.56 Å². The van der Waals surface area contributed by atoms with Crippen molar-refractivity contribution in [1.82, 2.24) is 10.3 Å². The van der Waals surface area contributed by atoms with Gasteiger partial charge in [0.05, 0.1) is 5.69 Å². The van der Waals surface area contributed by atoms with Crippen LogP contribution in [-0.2, 0) is 13.0 Å². The SMILES string of the molecule is Cc1cc(C(N)=O)c2c(n1)CNCC2. The number of pyridine rings is 1. The number of nitrogens with two attached hydrogens (primary N) is 1. The molecule has 0 saturated heterocycles. The number of rotatable bonds is 1. The highest BCUT2D eigenvalue weighted by Crippen LogP contribution is 2.17. The van der Waals surface area contributed by atoms with E-state index in [1.165, 1.54) is 0 Å². The molecule has 0 fully saturated rings. The van der Waals surface area contributed by atoms with Crippen molar-refractivity contribution >= 4 is 5.91 Å². The number of primary amides is 1. The summed E-state index contributed by atoms with van der Waals surface area (Å²) in [6.07, 6.45) is 0.834. The molecule has 0 saturated carbocycles. The van der Waals surface area contributed by atoms with E-state index in [1.807, 2.05) is 6.92 Å². The lowest BCUT2D eigenvalue weighted by atomic mass is 9.99. The van der Waals surface area contributed by atoms with Crippen molar-refractivity contribution < 1.29 is 4.79 Å². The van der Waals surface area contributed by atoms with Crippen LogP contribution in [0.1, 0.15) is 27.3 Å². The third kappa shape index (κ3) is 1.48. The first-order valence-electron chi connectivity index (χ1n) is 4.68. The minimum absolute atomic E-state index is 0.353. The summed E-state index contributed by atoms with van der Waals surface area (Å²) in [5.41, 5.74) is 8.78. The summed E-state index contributed by atoms with van der Waals surface area (Å²) >= 11 is 0. The van der Waals surface area contributed by atoms with Crippen molar-refractivity contribution in [3.8, 4) is 0 Å². The molecule has 74 valence electrons. The summed E-state index contributed by atoms with van der Waals surface area (Å²) in [4.78, 5) is 15.6. The number of aromatic nitrogens is 1. The minimum Gasteiger partial charge on any atom is -0.366 e. The molecule has 4 heteroatoms. The van der Waals surface area contributed by atoms with Crippen molar-refractivity contribution in [1.29, 1.82) is 0 Å². The second kappa shape index (κ2) is 3.38. The van der Waals surface area contributed by atoms with Crippen LogP contribution in [0.3, 0.4) is 0 Å². The lowest BCUT2D eigenvalue weighted by molar-refractivity contribution is 0.0999. The fraction of sp³-hybridized carbons (Fsp3) is 0.400. The van der Waals surface area contributed by atoms with E-state index in [-0.39, 0.29) is 5.91 Å². The first-order valence-corrected chi connectivity index (χ1v) is 4.68. The van der Waals surface area contributed by atoms with Crippen molar-refractivity contribution in [2.24, 2.45) is 5.73 Å². The molecule has 2 heterocycles. The van der Waals surface area contributed by atoms with E-state index in [4.69, 9.17) is 5.73 Å². The lowest BCUT2D eigenvalue weighted by Gasteiger charge is -2.18. The Morgan fingerprint density at radius 2 is 2.43 bits per heavy atom. The average molecular weight is 191 g/mol. The molecule has 0 spiro atoms. The number of carbonyl (C=O) groups excluding carboxylic acids is 1. The third-order valence-corrected chi connectivity index (χ3v) is 2.45. The standard InChI is InChI=1S/C10H13N3O/c1-6-4-8(10(11)14)7-2-3-12-5-9(7)13-6/h4,12H,2-3,5H2,1H3,(H2,11,14). The number of hydrogen-bond acceptors (Lipinski definition) is 3. The highest BCUT2D eigenvalue weighted by Gasteiger charge is 2.17. The van der Waals surface area contributed by atoms with Gasteiger partial charge in [0.15, 0.2) is 0 Å². The zero-order chi connectivity index (χ0) is 10.1. The van der Waals surface area contributed by atoms with Crippen LogP contribution in [0, 0.1) is 6.92 Å². The number of nitrogens with one attached hydrogen (secondary N) is 1. The Morgan fingerprint density at radius 3 is 3.14 bits per heavy atom. The first-order chi connectivity index (χ1) is 6.68. The second-order valence-electron chi connectivity index (χ2n) is 3.53. The molecule has 1 aromatic rings. The predicted octanol–water partition coefficient (Wildman–Crippen LogP) is 0.135. The van der Waals surface area contributed by atoms with Crippen LogP contribution in [0.5, 0.6) is 0 Å². The van der Waals surface area contributed by atoms with Gasteiger partial charge < -0.3 is 11.1 Å². The molecular formula is C10H13N3O. The van der Waals surface area contributed by atoms with Crippen molar-refractivity contribution in [3.63, 3.8) is 0 Å². The van der Waals surface area contributed by atoms with Gasteiger partial charge in [-0.15, -0.1) is 0 Å². The zero-order valence-electron chi connectivity index (χ0n) is 8.13. The zero-order valence-corrected chi connectivity index (χ0v) is 8.13. The van der Waals surface area contributed by atoms with E-state index in [1.54, 1.807) is 6.07 Å². The van der Waals surface area contributed by atoms with Crippen LogP contribution < -0.4 is 11.1 Å². The summed E-state index contributed by atoms with van der Waals surface area (Å²) in [5.74, 6) is -0.353. The van der Waals surface area contributed by atoms with E-state index in [0.717, 1.165) is 36.5 Å². The van der Waals surface area contributed by atoms with Gasteiger partial charge in [0.25, 0.3) is 0 Å². The molecule has 2 rings (SSSR count). The Labute approximate surface area is 82.5 Å².